The van der Waals surface area contributed by atoms with Crippen LogP contribution in [0.3, 0.4) is 0 Å². The summed E-state index contributed by atoms with van der Waals surface area (Å²) in [6, 6.07) is 0. The third-order valence-corrected chi connectivity index (χ3v) is 4.11. The Bertz CT molecular complexity index is 546. The van der Waals surface area contributed by atoms with Crippen molar-refractivity contribution in [2.75, 3.05) is 13.2 Å². The van der Waals surface area contributed by atoms with Crippen molar-refractivity contribution in [3.05, 3.63) is 24.4 Å². The molecule has 0 saturated carbocycles. The molecule has 1 N–H and O–H groups in total. The van der Waals surface area contributed by atoms with E-state index in [0.29, 0.717) is 12.4 Å². The van der Waals surface area contributed by atoms with Crippen molar-refractivity contribution in [2.24, 2.45) is 4.99 Å². The number of amidine groups is 1. The lowest BCUT2D eigenvalue weighted by molar-refractivity contribution is -0.135. The monoisotopic (exact) mass is 289 g/mol. The molecule has 1 fully saturated rings. The van der Waals surface area contributed by atoms with Gasteiger partial charge in [-0.2, -0.15) is 4.99 Å². The number of rotatable bonds is 3. The molecule has 3 heterocycles. The Labute approximate surface area is 123 Å². The van der Waals surface area contributed by atoms with Crippen LogP contribution in [0.4, 0.5) is 0 Å². The Hall–Kier alpha value is -1.95. The smallest absolute Gasteiger partial charge is 0.250 e. The van der Waals surface area contributed by atoms with E-state index in [1.165, 1.54) is 0 Å². The number of nitrogens with one attached hydrogen (secondary N) is 1. The lowest BCUT2D eigenvalue weighted by atomic mass is 9.91. The van der Waals surface area contributed by atoms with Crippen LogP contribution >= 0.6 is 0 Å². The van der Waals surface area contributed by atoms with Crippen molar-refractivity contribution in [1.82, 2.24) is 10.2 Å². The molecular weight excluding hydrogens is 270 g/mol. The molecule has 0 spiro atoms. The molecule has 0 aliphatic carbocycles. The molecular formula is C15H19N3O3. The van der Waals surface area contributed by atoms with Gasteiger partial charge >= 0.3 is 0 Å². The Morgan fingerprint density at radius 2 is 2.43 bits per heavy atom. The minimum atomic E-state index is -0.936. The van der Waals surface area contributed by atoms with E-state index in [2.05, 4.69) is 10.3 Å². The highest BCUT2D eigenvalue weighted by atomic mass is 16.5. The highest BCUT2D eigenvalue weighted by Gasteiger charge is 2.45. The zero-order valence-corrected chi connectivity index (χ0v) is 12.0. The summed E-state index contributed by atoms with van der Waals surface area (Å²) in [5.41, 5.74) is -0.936. The lowest BCUT2D eigenvalue weighted by Crippen LogP contribution is -2.60. The van der Waals surface area contributed by atoms with Gasteiger partial charge in [0.1, 0.15) is 11.4 Å². The van der Waals surface area contributed by atoms with Crippen molar-refractivity contribution in [2.45, 2.75) is 37.8 Å². The van der Waals surface area contributed by atoms with Gasteiger partial charge in [-0.3, -0.25) is 9.59 Å². The Morgan fingerprint density at radius 1 is 1.57 bits per heavy atom. The second-order valence-electron chi connectivity index (χ2n) is 5.73. The van der Waals surface area contributed by atoms with Crippen LogP contribution in [0.15, 0.2) is 29.4 Å². The van der Waals surface area contributed by atoms with Crippen molar-refractivity contribution in [3.63, 3.8) is 0 Å². The topological polar surface area (TPSA) is 71.0 Å². The number of carbonyl (C=O) groups is 2. The fourth-order valence-corrected chi connectivity index (χ4v) is 2.88. The zero-order valence-electron chi connectivity index (χ0n) is 12.0. The van der Waals surface area contributed by atoms with E-state index in [1.54, 1.807) is 30.2 Å². The SMILES string of the molecule is CC1(C(=O)NCC2CCCO2)CC(=O)N=C2C=CC=CN21. The van der Waals surface area contributed by atoms with Crippen LogP contribution in [-0.4, -0.2) is 47.3 Å². The van der Waals surface area contributed by atoms with Gasteiger partial charge in [0.2, 0.25) is 5.91 Å². The van der Waals surface area contributed by atoms with Gasteiger partial charge in [0.15, 0.2) is 0 Å². The molecule has 2 unspecified atom stereocenters. The fraction of sp³-hybridized carbons (Fsp3) is 0.533. The molecule has 0 aromatic rings. The highest BCUT2D eigenvalue weighted by molar-refractivity contribution is 6.09. The fourth-order valence-electron chi connectivity index (χ4n) is 2.88. The van der Waals surface area contributed by atoms with E-state index in [-0.39, 0.29) is 24.3 Å². The number of ether oxygens (including phenoxy) is 1. The number of aliphatic imine (C=N–C) groups is 1. The molecule has 0 aromatic heterocycles. The van der Waals surface area contributed by atoms with Crippen molar-refractivity contribution < 1.29 is 14.3 Å². The summed E-state index contributed by atoms with van der Waals surface area (Å²) < 4.78 is 5.51. The van der Waals surface area contributed by atoms with Gasteiger partial charge in [-0.05, 0) is 31.9 Å². The highest BCUT2D eigenvalue weighted by Crippen LogP contribution is 2.28. The number of allylic oxidation sites excluding steroid dienone is 2. The first-order chi connectivity index (χ1) is 10.1. The standard InChI is InChI=1S/C15H19N3O3/c1-15(14(20)16-10-11-5-4-8-21-11)9-13(19)17-12-6-2-3-7-18(12)15/h2-3,6-7,11H,4-5,8-10H2,1H3,(H,16,20). The number of carbonyl (C=O) groups excluding carboxylic acids is 2. The van der Waals surface area contributed by atoms with Gasteiger partial charge in [0, 0.05) is 19.4 Å². The summed E-state index contributed by atoms with van der Waals surface area (Å²) in [6.45, 7) is 3.02. The molecule has 3 aliphatic rings. The van der Waals surface area contributed by atoms with Crippen LogP contribution in [0, 0.1) is 0 Å². The first-order valence-corrected chi connectivity index (χ1v) is 7.25. The van der Waals surface area contributed by atoms with E-state index in [4.69, 9.17) is 4.74 Å². The maximum Gasteiger partial charge on any atom is 0.250 e. The number of hydrogen-bond donors (Lipinski definition) is 1. The molecule has 3 rings (SSSR count). The average Bonchev–Trinajstić information content (AvgIpc) is 2.97. The van der Waals surface area contributed by atoms with Gasteiger partial charge in [0.25, 0.3) is 5.91 Å². The van der Waals surface area contributed by atoms with Gasteiger partial charge < -0.3 is 15.0 Å². The van der Waals surface area contributed by atoms with Crippen LogP contribution in [0.1, 0.15) is 26.2 Å². The van der Waals surface area contributed by atoms with Gasteiger partial charge in [0.05, 0.1) is 12.5 Å². The molecule has 2 amide bonds. The molecule has 0 radical (unpaired) electrons. The maximum absolute atomic E-state index is 12.6. The van der Waals surface area contributed by atoms with E-state index in [1.807, 2.05) is 6.08 Å². The first-order valence-electron chi connectivity index (χ1n) is 7.25. The molecule has 2 atom stereocenters. The third kappa shape index (κ3) is 2.63. The molecule has 0 aromatic carbocycles. The molecule has 1 saturated heterocycles. The van der Waals surface area contributed by atoms with E-state index in [0.717, 1.165) is 19.4 Å². The predicted molar refractivity (Wildman–Crippen MR) is 77.6 cm³/mol. The summed E-state index contributed by atoms with van der Waals surface area (Å²) in [5.74, 6) is 0.0817. The second kappa shape index (κ2) is 5.44. The molecule has 3 aliphatic heterocycles. The third-order valence-electron chi connectivity index (χ3n) is 4.11. The van der Waals surface area contributed by atoms with Crippen LogP contribution in [0.5, 0.6) is 0 Å². The lowest BCUT2D eigenvalue weighted by Gasteiger charge is -2.41. The van der Waals surface area contributed by atoms with E-state index >= 15 is 0 Å². The second-order valence-corrected chi connectivity index (χ2v) is 5.73. The molecule has 6 heteroatoms. The summed E-state index contributed by atoms with van der Waals surface area (Å²) in [6.07, 6.45) is 9.33. The summed E-state index contributed by atoms with van der Waals surface area (Å²) >= 11 is 0. The number of fused-ring (bicyclic) bond motifs is 1. The minimum Gasteiger partial charge on any atom is -0.376 e. The van der Waals surface area contributed by atoms with Crippen molar-refractivity contribution in [3.8, 4) is 0 Å². The van der Waals surface area contributed by atoms with Gasteiger partial charge in [-0.1, -0.05) is 6.08 Å². The van der Waals surface area contributed by atoms with Crippen LogP contribution in [0.2, 0.25) is 0 Å². The average molecular weight is 289 g/mol. The van der Waals surface area contributed by atoms with Crippen LogP contribution in [0.25, 0.3) is 0 Å². The maximum atomic E-state index is 12.6. The van der Waals surface area contributed by atoms with Crippen LogP contribution < -0.4 is 5.32 Å². The van der Waals surface area contributed by atoms with Crippen molar-refractivity contribution in [1.29, 1.82) is 0 Å². The van der Waals surface area contributed by atoms with Gasteiger partial charge in [-0.15, -0.1) is 0 Å². The quantitative estimate of drug-likeness (QED) is 0.832. The molecule has 0 bridgehead atoms. The van der Waals surface area contributed by atoms with Gasteiger partial charge in [-0.25, -0.2) is 0 Å². The zero-order chi connectivity index (χ0) is 14.9. The minimum absolute atomic E-state index is 0.0754. The largest absolute Gasteiger partial charge is 0.376 e. The van der Waals surface area contributed by atoms with Crippen LogP contribution in [-0.2, 0) is 14.3 Å². The number of nitrogens with zero attached hydrogens (tertiary/aromatic N) is 2. The molecule has 112 valence electrons. The Kier molecular flexibility index (Phi) is 3.63. The molecule has 6 nitrogen and oxygen atoms in total. The normalized spacial score (nSPS) is 31.1. The summed E-state index contributed by atoms with van der Waals surface area (Å²) in [5, 5.41) is 2.92. The van der Waals surface area contributed by atoms with E-state index in [9.17, 15) is 9.59 Å². The molecule has 21 heavy (non-hydrogen) atoms. The predicted octanol–water partition coefficient (Wildman–Crippen LogP) is 0.755. The number of amides is 2. The Morgan fingerprint density at radius 3 is 3.19 bits per heavy atom. The van der Waals surface area contributed by atoms with E-state index < -0.39 is 5.54 Å². The summed E-state index contributed by atoms with van der Waals surface area (Å²) in [4.78, 5) is 30.2. The summed E-state index contributed by atoms with van der Waals surface area (Å²) in [7, 11) is 0. The van der Waals surface area contributed by atoms with Crippen molar-refractivity contribution >= 4 is 17.6 Å². The number of hydrogen-bond acceptors (Lipinski definition) is 4. The Balaban J connectivity index is 1.73. The first kappa shape index (κ1) is 14.0.